The summed E-state index contributed by atoms with van der Waals surface area (Å²) < 4.78 is 73.7. The maximum Gasteiger partial charge on any atom is 1.00 e. The first kappa shape index (κ1) is 57.7. The number of aryl methyl sites for hydroxylation is 2. The summed E-state index contributed by atoms with van der Waals surface area (Å²) in [6, 6.07) is 15.5. The van der Waals surface area contributed by atoms with Crippen molar-refractivity contribution in [2.75, 3.05) is 6.61 Å². The van der Waals surface area contributed by atoms with E-state index in [4.69, 9.17) is 27.9 Å². The van der Waals surface area contributed by atoms with Gasteiger partial charge in [-0.25, -0.2) is 27.2 Å². The zero-order chi connectivity index (χ0) is 48.0. The van der Waals surface area contributed by atoms with Crippen LogP contribution in [0.3, 0.4) is 0 Å². The van der Waals surface area contributed by atoms with Crippen LogP contribution in [0.25, 0.3) is 33.2 Å². The smallest absolute Gasteiger partial charge is 0.870 e. The van der Waals surface area contributed by atoms with Crippen LogP contribution in [-0.4, -0.2) is 63.3 Å². The number of benzene rings is 4. The Hall–Kier alpha value is -5.16. The summed E-state index contributed by atoms with van der Waals surface area (Å²) >= 11 is 14.7. The van der Waals surface area contributed by atoms with Gasteiger partial charge < -0.3 is 29.9 Å². The number of fused-ring (bicyclic) bond motifs is 2. The number of aromatic carboxylic acids is 1. The Kier molecular flexibility index (Phi) is 19.4. The topological polar surface area (TPSA) is 171 Å². The Balaban J connectivity index is 0.000000254. The standard InChI is InChI=1S/C26H24ClF2N3O2S.C24H20ClF2N3O2S.CH4.Li.2H2O/c1-3-12-31-14-16(13-30-31)32-23(15-8-9-15)25(18-10-11-19(27)22(29)24(18)32)35-20-7-5-6-17(21(20)28)26(33)34-4-2;1-2-10-29-12-14(11-28-29)30-21(13-6-7-13)23(16-8-9-17(25)20(27)22(16)30)33-18-5-3-4-15(19(18)26)24(31)32;;;;/h5-7,10-11,13-15H,3-4,8-9,12H2,1-2H3;3-5,8-9,11-13H,2,6-7,10H2,1H3,(H,31,32);1H4;;2*1H2/q;;;+1;;/p-1. The molecule has 2 aliphatic carbocycles. The predicted octanol–water partition coefficient (Wildman–Crippen LogP) is 10.9. The van der Waals surface area contributed by atoms with Crippen molar-refractivity contribution in [2.24, 2.45) is 0 Å². The maximum atomic E-state index is 15.5. The molecule has 4 aromatic heterocycles. The molecule has 4 N–H and O–H groups in total. The van der Waals surface area contributed by atoms with Crippen molar-refractivity contribution in [1.29, 1.82) is 0 Å². The second-order valence-corrected chi connectivity index (χ2v) is 19.5. The van der Waals surface area contributed by atoms with Crippen LogP contribution in [0.2, 0.25) is 10.0 Å². The number of carbonyl (C=O) groups is 2. The third kappa shape index (κ3) is 11.2. The molecule has 2 aliphatic rings. The van der Waals surface area contributed by atoms with Gasteiger partial charge in [0.1, 0.15) is 0 Å². The van der Waals surface area contributed by atoms with Gasteiger partial charge >= 0.3 is 30.8 Å². The average Bonchev–Trinajstić information content (AvgIpc) is 4.19. The maximum absolute atomic E-state index is 15.5. The van der Waals surface area contributed by atoms with Gasteiger partial charge in [-0.2, -0.15) is 10.2 Å². The Bertz CT molecular complexity index is 3270. The van der Waals surface area contributed by atoms with Crippen LogP contribution in [-0.2, 0) is 17.8 Å². The van der Waals surface area contributed by atoms with Crippen LogP contribution >= 0.6 is 46.7 Å². The van der Waals surface area contributed by atoms with Gasteiger partial charge in [0.2, 0.25) is 0 Å². The van der Waals surface area contributed by atoms with E-state index < -0.39 is 40.8 Å². The summed E-state index contributed by atoms with van der Waals surface area (Å²) in [7, 11) is 0. The number of carbonyl (C=O) groups excluding carboxylic acids is 1. The summed E-state index contributed by atoms with van der Waals surface area (Å²) in [6.07, 6.45) is 12.8. The van der Waals surface area contributed by atoms with Crippen molar-refractivity contribution in [1.82, 2.24) is 28.7 Å². The summed E-state index contributed by atoms with van der Waals surface area (Å²) in [6.45, 7) is 7.42. The molecule has 0 saturated heterocycles. The molecule has 0 spiro atoms. The first-order valence-corrected chi connectivity index (χ1v) is 24.7. The molecule has 376 valence electrons. The Labute approximate surface area is 443 Å². The van der Waals surface area contributed by atoms with Gasteiger partial charge in [0.15, 0.2) is 23.3 Å². The van der Waals surface area contributed by atoms with E-state index in [9.17, 15) is 14.7 Å². The van der Waals surface area contributed by atoms with E-state index in [1.807, 2.05) is 30.9 Å². The second kappa shape index (κ2) is 24.2. The minimum atomic E-state index is -1.33. The van der Waals surface area contributed by atoms with Crippen molar-refractivity contribution in [2.45, 2.75) is 111 Å². The first-order valence-electron chi connectivity index (χ1n) is 22.3. The van der Waals surface area contributed by atoms with Crippen molar-refractivity contribution >= 4 is 80.5 Å². The van der Waals surface area contributed by atoms with E-state index in [-0.39, 0.29) is 81.1 Å². The molecular weight excluding hydrogens is 1010 g/mol. The van der Waals surface area contributed by atoms with E-state index in [2.05, 4.69) is 24.0 Å². The number of hydrogen-bond acceptors (Lipinski definition) is 8. The average molecular weight is 1060 g/mol. The number of ether oxygens (including phenoxy) is 1. The van der Waals surface area contributed by atoms with Gasteiger partial charge in [-0.15, -0.1) is 0 Å². The molecular formula is C51H51Cl2F4LiN6O6S2. The number of halogens is 6. The van der Waals surface area contributed by atoms with Crippen molar-refractivity contribution < 1.29 is 66.8 Å². The zero-order valence-corrected chi connectivity index (χ0v) is 42.1. The Morgan fingerprint density at radius 1 is 0.681 bits per heavy atom. The first-order chi connectivity index (χ1) is 32.8. The number of esters is 1. The molecule has 2 saturated carbocycles. The third-order valence-electron chi connectivity index (χ3n) is 11.7. The van der Waals surface area contributed by atoms with Gasteiger partial charge in [-0.1, -0.05) is 80.1 Å². The summed E-state index contributed by atoms with van der Waals surface area (Å²) in [4.78, 5) is 25.6. The molecule has 0 unspecified atom stereocenters. The molecule has 72 heavy (non-hydrogen) atoms. The Morgan fingerprint density at radius 2 is 1.10 bits per heavy atom. The number of rotatable bonds is 15. The monoisotopic (exact) mass is 1060 g/mol. The molecule has 0 amide bonds. The van der Waals surface area contributed by atoms with Crippen LogP contribution in [0.5, 0.6) is 0 Å². The molecule has 4 aromatic carbocycles. The number of carboxylic acids is 1. The molecule has 2 fully saturated rings. The minimum Gasteiger partial charge on any atom is -0.870 e. The largest absolute Gasteiger partial charge is 1.00 e. The molecule has 21 heteroatoms. The van der Waals surface area contributed by atoms with Gasteiger partial charge in [-0.3, -0.25) is 9.36 Å². The van der Waals surface area contributed by atoms with Crippen LogP contribution in [0.4, 0.5) is 17.6 Å². The van der Waals surface area contributed by atoms with Crippen molar-refractivity contribution in [3.8, 4) is 11.4 Å². The molecule has 0 radical (unpaired) electrons. The van der Waals surface area contributed by atoms with Gasteiger partial charge in [-0.05, 0) is 94.0 Å². The molecule has 12 nitrogen and oxygen atoms in total. The fraction of sp³-hybridized carbons (Fsp3) is 0.294. The van der Waals surface area contributed by atoms with E-state index >= 15 is 17.6 Å². The summed E-state index contributed by atoms with van der Waals surface area (Å²) in [5, 5.41) is 19.4. The van der Waals surface area contributed by atoms with Crippen LogP contribution < -0.4 is 18.9 Å². The van der Waals surface area contributed by atoms with E-state index in [1.165, 1.54) is 48.2 Å². The zero-order valence-electron chi connectivity index (χ0n) is 39.0. The Morgan fingerprint density at radius 3 is 1.49 bits per heavy atom. The predicted molar refractivity (Wildman–Crippen MR) is 269 cm³/mol. The number of hydrogen-bond donors (Lipinski definition) is 1. The number of aromatic nitrogens is 6. The fourth-order valence-corrected chi connectivity index (χ4v) is 11.1. The van der Waals surface area contributed by atoms with Crippen molar-refractivity contribution in [3.05, 3.63) is 141 Å². The molecule has 0 aliphatic heterocycles. The third-order valence-corrected chi connectivity index (χ3v) is 14.6. The normalized spacial score (nSPS) is 12.8. The number of carboxylic acid groups (broad SMARTS) is 1. The molecule has 0 atom stereocenters. The second-order valence-electron chi connectivity index (χ2n) is 16.6. The molecule has 8 aromatic rings. The minimum absolute atomic E-state index is 0. The van der Waals surface area contributed by atoms with Crippen LogP contribution in [0.15, 0.2) is 105 Å². The van der Waals surface area contributed by atoms with Crippen LogP contribution in [0.1, 0.15) is 111 Å². The molecule has 0 bridgehead atoms. The number of nitrogens with zero attached hydrogens (tertiary/aromatic N) is 6. The summed E-state index contributed by atoms with van der Waals surface area (Å²) in [5.41, 5.74) is 3.37. The van der Waals surface area contributed by atoms with Gasteiger partial charge in [0.05, 0.1) is 62.6 Å². The molecule has 10 rings (SSSR count). The quantitative estimate of drug-likeness (QED) is 0.0596. The van der Waals surface area contributed by atoms with Crippen molar-refractivity contribution in [3.63, 3.8) is 0 Å². The SMILES string of the molecule is C.CCCn1cc(-n2c(C3CC3)c(Sc3cccc(C(=O)O)c3F)c3ccc(Cl)c(F)c32)cn1.CCCn1cc(-n2c(C3CC3)c(Sc3cccc(C(=O)OCC)c3F)c3ccc(Cl)c(F)c32)cn1.O.[Li+].[OH-]. The van der Waals surface area contributed by atoms with Gasteiger partial charge in [0, 0.05) is 79.1 Å². The van der Waals surface area contributed by atoms with Gasteiger partial charge in [0.25, 0.3) is 0 Å². The van der Waals surface area contributed by atoms with E-state index in [0.29, 0.717) is 32.4 Å². The van der Waals surface area contributed by atoms with E-state index in [0.717, 1.165) is 85.3 Å². The molecule has 4 heterocycles. The summed E-state index contributed by atoms with van der Waals surface area (Å²) in [5.74, 6) is -4.19. The van der Waals surface area contributed by atoms with E-state index in [1.54, 1.807) is 43.6 Å². The fourth-order valence-electron chi connectivity index (χ4n) is 8.37. The van der Waals surface area contributed by atoms with Crippen LogP contribution in [0, 0.1) is 23.3 Å².